The summed E-state index contributed by atoms with van der Waals surface area (Å²) in [6.07, 6.45) is 4.53. The van der Waals surface area contributed by atoms with Crippen LogP contribution in [-0.2, 0) is 11.3 Å². The molecule has 0 aliphatic rings. The second-order valence-corrected chi connectivity index (χ2v) is 5.99. The van der Waals surface area contributed by atoms with E-state index in [0.29, 0.717) is 11.3 Å². The number of para-hydroxylation sites is 2. The molecule has 4 nitrogen and oxygen atoms in total. The molecule has 0 aliphatic heterocycles. The first-order valence-corrected chi connectivity index (χ1v) is 8.03. The zero-order valence-electron chi connectivity index (χ0n) is 12.5. The zero-order chi connectivity index (χ0) is 16.9. The SMILES string of the molecule is O=C(/C=C/c1cnc2ccccc2n1)NCc1cc(Br)ccc1F. The van der Waals surface area contributed by atoms with Crippen molar-refractivity contribution in [2.45, 2.75) is 6.54 Å². The van der Waals surface area contributed by atoms with E-state index in [1.54, 1.807) is 24.4 Å². The fourth-order valence-electron chi connectivity index (χ4n) is 2.13. The van der Waals surface area contributed by atoms with Gasteiger partial charge in [-0.05, 0) is 36.4 Å². The molecule has 0 aliphatic carbocycles. The monoisotopic (exact) mass is 385 g/mol. The number of rotatable bonds is 4. The maximum absolute atomic E-state index is 13.6. The van der Waals surface area contributed by atoms with E-state index in [4.69, 9.17) is 0 Å². The van der Waals surface area contributed by atoms with Gasteiger partial charge in [0, 0.05) is 22.7 Å². The molecule has 0 fully saturated rings. The number of halogens is 2. The molecule has 0 atom stereocenters. The Labute approximate surface area is 146 Å². The topological polar surface area (TPSA) is 54.9 Å². The number of hydrogen-bond acceptors (Lipinski definition) is 3. The fourth-order valence-corrected chi connectivity index (χ4v) is 2.54. The summed E-state index contributed by atoms with van der Waals surface area (Å²) in [5.41, 5.74) is 2.55. The summed E-state index contributed by atoms with van der Waals surface area (Å²) in [6, 6.07) is 12.1. The highest BCUT2D eigenvalue weighted by atomic mass is 79.9. The molecule has 1 heterocycles. The van der Waals surface area contributed by atoms with Crippen LogP contribution < -0.4 is 5.32 Å². The molecule has 0 saturated carbocycles. The number of hydrogen-bond donors (Lipinski definition) is 1. The number of nitrogens with one attached hydrogen (secondary N) is 1. The molecule has 2 aromatic carbocycles. The maximum Gasteiger partial charge on any atom is 0.244 e. The Morgan fingerprint density at radius 3 is 2.83 bits per heavy atom. The van der Waals surface area contributed by atoms with Crippen LogP contribution in [0.4, 0.5) is 4.39 Å². The van der Waals surface area contributed by atoms with Crippen molar-refractivity contribution in [3.63, 3.8) is 0 Å². The Bertz CT molecular complexity index is 927. The minimum absolute atomic E-state index is 0.109. The van der Waals surface area contributed by atoms with E-state index >= 15 is 0 Å². The highest BCUT2D eigenvalue weighted by Gasteiger charge is 2.04. The Hall–Kier alpha value is -2.60. The molecule has 0 bridgehead atoms. The van der Waals surface area contributed by atoms with Gasteiger partial charge in [0.1, 0.15) is 5.82 Å². The number of carbonyl (C=O) groups is 1. The smallest absolute Gasteiger partial charge is 0.244 e. The van der Waals surface area contributed by atoms with Gasteiger partial charge in [0.05, 0.1) is 22.9 Å². The van der Waals surface area contributed by atoms with Crippen LogP contribution in [0.3, 0.4) is 0 Å². The molecule has 1 N–H and O–H groups in total. The van der Waals surface area contributed by atoms with Gasteiger partial charge in [-0.2, -0.15) is 0 Å². The highest BCUT2D eigenvalue weighted by Crippen LogP contribution is 2.15. The van der Waals surface area contributed by atoms with Crippen molar-refractivity contribution in [2.24, 2.45) is 0 Å². The number of nitrogens with zero attached hydrogens (tertiary/aromatic N) is 2. The Kier molecular flexibility index (Phi) is 4.96. The summed E-state index contributed by atoms with van der Waals surface area (Å²) in [5.74, 6) is -0.688. The van der Waals surface area contributed by atoms with E-state index < -0.39 is 0 Å². The predicted octanol–water partition coefficient (Wildman–Crippen LogP) is 3.86. The maximum atomic E-state index is 13.6. The van der Waals surface area contributed by atoms with Gasteiger partial charge in [-0.25, -0.2) is 9.37 Å². The van der Waals surface area contributed by atoms with Crippen molar-refractivity contribution in [3.8, 4) is 0 Å². The third-order valence-corrected chi connectivity index (χ3v) is 3.83. The van der Waals surface area contributed by atoms with E-state index in [0.717, 1.165) is 15.5 Å². The summed E-state index contributed by atoms with van der Waals surface area (Å²) in [7, 11) is 0. The predicted molar refractivity (Wildman–Crippen MR) is 94.5 cm³/mol. The Balaban J connectivity index is 1.65. The molecule has 120 valence electrons. The lowest BCUT2D eigenvalue weighted by molar-refractivity contribution is -0.116. The molecular weight excluding hydrogens is 373 g/mol. The molecule has 24 heavy (non-hydrogen) atoms. The first-order chi connectivity index (χ1) is 11.6. The Morgan fingerprint density at radius 1 is 1.21 bits per heavy atom. The Morgan fingerprint density at radius 2 is 2.00 bits per heavy atom. The normalized spacial score (nSPS) is 11.1. The second-order valence-electron chi connectivity index (χ2n) is 5.07. The minimum Gasteiger partial charge on any atom is -0.348 e. The summed E-state index contributed by atoms with van der Waals surface area (Å²) < 4.78 is 14.4. The summed E-state index contributed by atoms with van der Waals surface area (Å²) in [4.78, 5) is 20.5. The highest BCUT2D eigenvalue weighted by molar-refractivity contribution is 9.10. The first-order valence-electron chi connectivity index (χ1n) is 7.23. The van der Waals surface area contributed by atoms with Gasteiger partial charge in [0.2, 0.25) is 5.91 Å². The van der Waals surface area contributed by atoms with Crippen LogP contribution in [0.1, 0.15) is 11.3 Å². The molecule has 3 aromatic rings. The van der Waals surface area contributed by atoms with Crippen LogP contribution in [0, 0.1) is 5.82 Å². The van der Waals surface area contributed by atoms with E-state index in [1.165, 1.54) is 12.1 Å². The van der Waals surface area contributed by atoms with Crippen LogP contribution >= 0.6 is 15.9 Å². The number of fused-ring (bicyclic) bond motifs is 1. The van der Waals surface area contributed by atoms with Crippen LogP contribution in [0.15, 0.2) is 59.2 Å². The first kappa shape index (κ1) is 16.3. The second kappa shape index (κ2) is 7.31. The quantitative estimate of drug-likeness (QED) is 0.693. The molecule has 0 radical (unpaired) electrons. The number of amides is 1. The van der Waals surface area contributed by atoms with Crippen LogP contribution in [0.2, 0.25) is 0 Å². The molecule has 1 amide bonds. The van der Waals surface area contributed by atoms with Gasteiger partial charge in [-0.15, -0.1) is 0 Å². The molecule has 6 heteroatoms. The zero-order valence-corrected chi connectivity index (χ0v) is 14.1. The summed E-state index contributed by atoms with van der Waals surface area (Å²) >= 11 is 3.28. The van der Waals surface area contributed by atoms with E-state index in [1.807, 2.05) is 24.3 Å². The van der Waals surface area contributed by atoms with Gasteiger partial charge in [0.15, 0.2) is 0 Å². The number of carbonyl (C=O) groups excluding carboxylic acids is 1. The summed E-state index contributed by atoms with van der Waals surface area (Å²) in [5, 5.41) is 2.64. The molecule has 0 spiro atoms. The average Bonchev–Trinajstić information content (AvgIpc) is 2.60. The van der Waals surface area contributed by atoms with Gasteiger partial charge in [0.25, 0.3) is 0 Å². The van der Waals surface area contributed by atoms with Gasteiger partial charge >= 0.3 is 0 Å². The van der Waals surface area contributed by atoms with Gasteiger partial charge in [-0.1, -0.05) is 28.1 Å². The third kappa shape index (κ3) is 4.02. The van der Waals surface area contributed by atoms with Crippen molar-refractivity contribution < 1.29 is 9.18 Å². The van der Waals surface area contributed by atoms with Gasteiger partial charge < -0.3 is 5.32 Å². The van der Waals surface area contributed by atoms with Crippen molar-refractivity contribution in [3.05, 3.63) is 76.3 Å². The van der Waals surface area contributed by atoms with E-state index in [9.17, 15) is 9.18 Å². The van der Waals surface area contributed by atoms with Crippen molar-refractivity contribution >= 4 is 38.9 Å². The largest absolute Gasteiger partial charge is 0.348 e. The molecular formula is C18H13BrFN3O. The third-order valence-electron chi connectivity index (χ3n) is 3.33. The molecule has 3 rings (SSSR count). The van der Waals surface area contributed by atoms with E-state index in [2.05, 4.69) is 31.2 Å². The average molecular weight is 386 g/mol. The van der Waals surface area contributed by atoms with Crippen LogP contribution in [0.5, 0.6) is 0 Å². The molecule has 0 unspecified atom stereocenters. The lowest BCUT2D eigenvalue weighted by Crippen LogP contribution is -2.20. The number of benzene rings is 2. The van der Waals surface area contributed by atoms with Crippen LogP contribution in [-0.4, -0.2) is 15.9 Å². The lowest BCUT2D eigenvalue weighted by atomic mass is 10.2. The molecule has 0 saturated heterocycles. The lowest BCUT2D eigenvalue weighted by Gasteiger charge is -2.04. The number of aromatic nitrogens is 2. The standard InChI is InChI=1S/C18H13BrFN3O/c19-13-5-7-15(20)12(9-13)10-22-18(24)8-6-14-11-21-16-3-1-2-4-17(16)23-14/h1-9,11H,10H2,(H,22,24)/b8-6+. The van der Waals surface area contributed by atoms with E-state index in [-0.39, 0.29) is 18.3 Å². The fraction of sp³-hybridized carbons (Fsp3) is 0.0556. The minimum atomic E-state index is -0.358. The molecule has 1 aromatic heterocycles. The summed E-state index contributed by atoms with van der Waals surface area (Å²) in [6.45, 7) is 0.109. The van der Waals surface area contributed by atoms with Crippen molar-refractivity contribution in [1.82, 2.24) is 15.3 Å². The van der Waals surface area contributed by atoms with Gasteiger partial charge in [-0.3, -0.25) is 9.78 Å². The van der Waals surface area contributed by atoms with Crippen LogP contribution in [0.25, 0.3) is 17.1 Å². The van der Waals surface area contributed by atoms with Crippen molar-refractivity contribution in [2.75, 3.05) is 0 Å². The van der Waals surface area contributed by atoms with Crippen molar-refractivity contribution in [1.29, 1.82) is 0 Å².